The molecule has 1 aromatic heterocycles. The molecule has 2 unspecified atom stereocenters. The van der Waals surface area contributed by atoms with Crippen LogP contribution in [0.4, 0.5) is 0 Å². The van der Waals surface area contributed by atoms with Gasteiger partial charge in [-0.2, -0.15) is 0 Å². The maximum atomic E-state index is 10.3. The quantitative estimate of drug-likeness (QED) is 0.580. The summed E-state index contributed by atoms with van der Waals surface area (Å²) >= 11 is 5.94. The molecule has 2 aromatic rings. The van der Waals surface area contributed by atoms with Gasteiger partial charge in [-0.25, -0.2) is 0 Å². The number of rotatable bonds is 11. The van der Waals surface area contributed by atoms with E-state index in [1.807, 2.05) is 42.5 Å². The summed E-state index contributed by atoms with van der Waals surface area (Å²) in [6.45, 7) is 6.12. The summed E-state index contributed by atoms with van der Waals surface area (Å²) < 4.78 is 10.7. The second kappa shape index (κ2) is 10.4. The molecule has 3 rings (SSSR count). The van der Waals surface area contributed by atoms with Crippen LogP contribution < -0.4 is 0 Å². The Labute approximate surface area is 170 Å². The summed E-state index contributed by atoms with van der Waals surface area (Å²) in [4.78, 5) is 7.67. The lowest BCUT2D eigenvalue weighted by atomic mass is 10.0. The predicted molar refractivity (Wildman–Crippen MR) is 108 cm³/mol. The number of oxime groups is 1. The van der Waals surface area contributed by atoms with Crippen LogP contribution in [0.3, 0.4) is 0 Å². The minimum absolute atomic E-state index is 0.0677. The molecule has 0 radical (unpaired) electrons. The topological polar surface area (TPSA) is 67.4 Å². The molecular formula is C21H25ClN2O4. The van der Waals surface area contributed by atoms with Gasteiger partial charge in [0.1, 0.15) is 18.5 Å². The number of ether oxygens (including phenoxy) is 1. The fourth-order valence-corrected chi connectivity index (χ4v) is 3.20. The highest BCUT2D eigenvalue weighted by Crippen LogP contribution is 2.19. The molecule has 2 atom stereocenters. The smallest absolute Gasteiger partial charge is 0.145 e. The minimum Gasteiger partial charge on any atom is -0.467 e. The standard InChI is InChI=1S/C21H25ClN2O4/c1-2-9-24(12-18(25)14-26-15-19-4-3-10-27-19)13-20-11-21(23-28-20)16-5-7-17(22)8-6-16/h2-8,10,18,20,25H,1,9,11-15H2. The summed E-state index contributed by atoms with van der Waals surface area (Å²) in [5.41, 5.74) is 1.91. The molecule has 1 aliphatic rings. The van der Waals surface area contributed by atoms with Gasteiger partial charge in [0.25, 0.3) is 0 Å². The average molecular weight is 405 g/mol. The lowest BCUT2D eigenvalue weighted by Crippen LogP contribution is -2.39. The Kier molecular flexibility index (Phi) is 7.68. The first kappa shape index (κ1) is 20.6. The molecule has 0 saturated heterocycles. The number of benzene rings is 1. The van der Waals surface area contributed by atoms with Crippen molar-refractivity contribution in [2.45, 2.75) is 25.2 Å². The third kappa shape index (κ3) is 6.21. The van der Waals surface area contributed by atoms with E-state index in [9.17, 15) is 5.11 Å². The summed E-state index contributed by atoms with van der Waals surface area (Å²) in [6, 6.07) is 11.2. The van der Waals surface area contributed by atoms with Gasteiger partial charge in [0.2, 0.25) is 0 Å². The Balaban J connectivity index is 1.44. The second-order valence-electron chi connectivity index (χ2n) is 6.73. The Morgan fingerprint density at radius 2 is 2.18 bits per heavy atom. The fourth-order valence-electron chi connectivity index (χ4n) is 3.07. The zero-order valence-corrected chi connectivity index (χ0v) is 16.4. The van der Waals surface area contributed by atoms with Crippen molar-refractivity contribution in [3.05, 3.63) is 71.7 Å². The number of halogens is 1. The van der Waals surface area contributed by atoms with Gasteiger partial charge in [0.05, 0.1) is 24.7 Å². The largest absolute Gasteiger partial charge is 0.467 e. The van der Waals surface area contributed by atoms with Gasteiger partial charge in [-0.05, 0) is 29.8 Å². The lowest BCUT2D eigenvalue weighted by molar-refractivity contribution is -0.00517. The molecule has 7 heteroatoms. The summed E-state index contributed by atoms with van der Waals surface area (Å²) in [5, 5.41) is 15.2. The van der Waals surface area contributed by atoms with Gasteiger partial charge in [-0.1, -0.05) is 35.0 Å². The number of furan rings is 1. The molecule has 150 valence electrons. The van der Waals surface area contributed by atoms with Crippen molar-refractivity contribution < 1.29 is 19.1 Å². The molecule has 1 N–H and O–H groups in total. The molecule has 28 heavy (non-hydrogen) atoms. The molecule has 0 spiro atoms. The van der Waals surface area contributed by atoms with E-state index in [1.165, 1.54) is 0 Å². The molecule has 0 fully saturated rings. The Morgan fingerprint density at radius 3 is 2.89 bits per heavy atom. The summed E-state index contributed by atoms with van der Waals surface area (Å²) in [6.07, 6.45) is 3.44. The van der Waals surface area contributed by atoms with Crippen LogP contribution in [0.25, 0.3) is 0 Å². The highest BCUT2D eigenvalue weighted by Gasteiger charge is 2.25. The van der Waals surface area contributed by atoms with E-state index in [1.54, 1.807) is 6.26 Å². The normalized spacial score (nSPS) is 17.4. The van der Waals surface area contributed by atoms with Gasteiger partial charge in [-0.15, -0.1) is 6.58 Å². The van der Waals surface area contributed by atoms with Gasteiger partial charge in [0, 0.05) is 31.1 Å². The van der Waals surface area contributed by atoms with E-state index in [4.69, 9.17) is 25.6 Å². The second-order valence-corrected chi connectivity index (χ2v) is 7.17. The maximum Gasteiger partial charge on any atom is 0.145 e. The van der Waals surface area contributed by atoms with E-state index < -0.39 is 6.10 Å². The van der Waals surface area contributed by atoms with E-state index in [-0.39, 0.29) is 12.7 Å². The molecular weight excluding hydrogens is 380 g/mol. The SMILES string of the molecule is C=CCN(CC(O)COCc1ccco1)CC1CC(c2ccc(Cl)cc2)=NO1. The van der Waals surface area contributed by atoms with Crippen molar-refractivity contribution in [3.63, 3.8) is 0 Å². The number of hydrogen-bond acceptors (Lipinski definition) is 6. The van der Waals surface area contributed by atoms with Crippen LogP contribution in [0.5, 0.6) is 0 Å². The van der Waals surface area contributed by atoms with Crippen LogP contribution in [-0.2, 0) is 16.2 Å². The third-order valence-electron chi connectivity index (χ3n) is 4.36. The number of hydrogen-bond donors (Lipinski definition) is 1. The number of aliphatic hydroxyl groups is 1. The van der Waals surface area contributed by atoms with Crippen LogP contribution in [0, 0.1) is 0 Å². The van der Waals surface area contributed by atoms with Gasteiger partial charge in [0.15, 0.2) is 0 Å². The van der Waals surface area contributed by atoms with Crippen molar-refractivity contribution in [2.24, 2.45) is 5.16 Å². The molecule has 0 saturated carbocycles. The van der Waals surface area contributed by atoms with E-state index in [2.05, 4.69) is 16.6 Å². The van der Waals surface area contributed by atoms with E-state index in [0.717, 1.165) is 17.0 Å². The zero-order chi connectivity index (χ0) is 19.8. The van der Waals surface area contributed by atoms with Crippen LogP contribution >= 0.6 is 11.6 Å². The molecule has 6 nitrogen and oxygen atoms in total. The van der Waals surface area contributed by atoms with Gasteiger partial charge in [-0.3, -0.25) is 4.90 Å². The monoisotopic (exact) mass is 404 g/mol. The van der Waals surface area contributed by atoms with Gasteiger partial charge >= 0.3 is 0 Å². The van der Waals surface area contributed by atoms with Crippen molar-refractivity contribution in [1.29, 1.82) is 0 Å². The highest BCUT2D eigenvalue weighted by atomic mass is 35.5. The van der Waals surface area contributed by atoms with Gasteiger partial charge < -0.3 is 19.1 Å². The lowest BCUT2D eigenvalue weighted by Gasteiger charge is -2.25. The molecule has 1 aromatic carbocycles. The molecule has 0 bridgehead atoms. The van der Waals surface area contributed by atoms with Crippen LogP contribution in [0.1, 0.15) is 17.7 Å². The Morgan fingerprint density at radius 1 is 1.36 bits per heavy atom. The third-order valence-corrected chi connectivity index (χ3v) is 4.62. The molecule has 0 aliphatic carbocycles. The first-order valence-electron chi connectivity index (χ1n) is 9.24. The van der Waals surface area contributed by atoms with Crippen LogP contribution in [-0.4, -0.2) is 54.2 Å². The first-order valence-corrected chi connectivity index (χ1v) is 9.62. The Hall–Kier alpha value is -2.12. The molecule has 1 aliphatic heterocycles. The zero-order valence-electron chi connectivity index (χ0n) is 15.7. The highest BCUT2D eigenvalue weighted by molar-refractivity contribution is 6.30. The average Bonchev–Trinajstić information content (AvgIpc) is 3.35. The summed E-state index contributed by atoms with van der Waals surface area (Å²) in [7, 11) is 0. The van der Waals surface area contributed by atoms with E-state index >= 15 is 0 Å². The molecule has 0 amide bonds. The van der Waals surface area contributed by atoms with Crippen LogP contribution in [0.2, 0.25) is 5.02 Å². The fraction of sp³-hybridized carbons (Fsp3) is 0.381. The maximum absolute atomic E-state index is 10.3. The number of aliphatic hydroxyl groups excluding tert-OH is 1. The number of nitrogens with zero attached hydrogens (tertiary/aromatic N) is 2. The van der Waals surface area contributed by atoms with Crippen LogP contribution in [0.15, 0.2) is 64.9 Å². The molecule has 2 heterocycles. The van der Waals surface area contributed by atoms with E-state index in [0.29, 0.717) is 37.7 Å². The predicted octanol–water partition coefficient (Wildman–Crippen LogP) is 3.49. The van der Waals surface area contributed by atoms with Crippen molar-refractivity contribution >= 4 is 17.3 Å². The Bertz CT molecular complexity index is 761. The van der Waals surface area contributed by atoms with Crippen molar-refractivity contribution in [3.8, 4) is 0 Å². The first-order chi connectivity index (χ1) is 13.6. The minimum atomic E-state index is -0.618. The van der Waals surface area contributed by atoms with Crippen molar-refractivity contribution in [2.75, 3.05) is 26.2 Å². The summed E-state index contributed by atoms with van der Waals surface area (Å²) in [5.74, 6) is 0.737. The van der Waals surface area contributed by atoms with Crippen molar-refractivity contribution in [1.82, 2.24) is 4.90 Å².